The third-order valence-electron chi connectivity index (χ3n) is 2.80. The molecule has 0 aliphatic rings. The highest BCUT2D eigenvalue weighted by atomic mass is 31.2. The maximum absolute atomic E-state index is 12.2. The predicted octanol–water partition coefficient (Wildman–Crippen LogP) is 3.99. The van der Waals surface area contributed by atoms with Crippen molar-refractivity contribution in [2.75, 3.05) is 13.7 Å². The molecular weight excluding hydrogens is 235 g/mol. The van der Waals surface area contributed by atoms with Crippen LogP contribution in [-0.4, -0.2) is 24.4 Å². The van der Waals surface area contributed by atoms with Gasteiger partial charge in [0.15, 0.2) is 5.81 Å². The molecule has 4 nitrogen and oxygen atoms in total. The SMILES string of the molecule is CCCCCCCOP(=O)(C#N)N(C)C(C)C. The van der Waals surface area contributed by atoms with Gasteiger partial charge in [-0.05, 0) is 27.3 Å². The standard InChI is InChI=1S/C12H25N2O2P/c1-5-6-7-8-9-10-16-17(15,11-13)14(4)12(2)3/h12H,5-10H2,1-4H3. The molecule has 0 fully saturated rings. The van der Waals surface area contributed by atoms with Crippen LogP contribution >= 0.6 is 7.52 Å². The zero-order chi connectivity index (χ0) is 13.3. The smallest absolute Gasteiger partial charge is 0.307 e. The third-order valence-corrected chi connectivity index (χ3v) is 4.88. The van der Waals surface area contributed by atoms with Gasteiger partial charge in [-0.1, -0.05) is 32.6 Å². The van der Waals surface area contributed by atoms with Crippen molar-refractivity contribution in [3.05, 3.63) is 0 Å². The van der Waals surface area contributed by atoms with Crippen molar-refractivity contribution in [2.24, 2.45) is 0 Å². The fourth-order valence-electron chi connectivity index (χ4n) is 1.39. The van der Waals surface area contributed by atoms with Gasteiger partial charge in [0.05, 0.1) is 6.61 Å². The first-order valence-corrected chi connectivity index (χ1v) is 7.95. The molecule has 100 valence electrons. The predicted molar refractivity (Wildman–Crippen MR) is 70.8 cm³/mol. The first-order valence-electron chi connectivity index (χ1n) is 6.37. The molecule has 1 unspecified atom stereocenters. The lowest BCUT2D eigenvalue weighted by molar-refractivity contribution is 0.259. The fraction of sp³-hybridized carbons (Fsp3) is 0.917. The van der Waals surface area contributed by atoms with Crippen LogP contribution in [0.5, 0.6) is 0 Å². The van der Waals surface area contributed by atoms with Gasteiger partial charge in [-0.15, -0.1) is 0 Å². The molecule has 0 heterocycles. The molecule has 0 saturated heterocycles. The van der Waals surface area contributed by atoms with Gasteiger partial charge >= 0.3 is 7.52 Å². The lowest BCUT2D eigenvalue weighted by Gasteiger charge is -2.25. The highest BCUT2D eigenvalue weighted by Gasteiger charge is 2.30. The zero-order valence-electron chi connectivity index (χ0n) is 11.5. The van der Waals surface area contributed by atoms with Crippen LogP contribution in [0.3, 0.4) is 0 Å². The summed E-state index contributed by atoms with van der Waals surface area (Å²) in [7, 11) is -1.59. The fourth-order valence-corrected chi connectivity index (χ4v) is 2.75. The highest BCUT2D eigenvalue weighted by molar-refractivity contribution is 7.61. The number of nitriles is 1. The van der Waals surface area contributed by atoms with Crippen LogP contribution in [0.15, 0.2) is 0 Å². The van der Waals surface area contributed by atoms with Crippen molar-refractivity contribution < 1.29 is 9.09 Å². The molecule has 0 aliphatic heterocycles. The molecule has 17 heavy (non-hydrogen) atoms. The molecule has 0 aromatic carbocycles. The molecule has 0 radical (unpaired) electrons. The normalized spacial score (nSPS) is 14.9. The summed E-state index contributed by atoms with van der Waals surface area (Å²) < 4.78 is 19.0. The molecule has 1 atom stereocenters. The van der Waals surface area contributed by atoms with Gasteiger partial charge in [-0.2, -0.15) is 5.26 Å². The third kappa shape index (κ3) is 6.21. The van der Waals surface area contributed by atoms with Crippen molar-refractivity contribution in [2.45, 2.75) is 58.9 Å². The van der Waals surface area contributed by atoms with Crippen LogP contribution in [0.1, 0.15) is 52.9 Å². The Bertz CT molecular complexity index is 287. The molecule has 0 aromatic heterocycles. The van der Waals surface area contributed by atoms with Gasteiger partial charge in [0, 0.05) is 6.04 Å². The van der Waals surface area contributed by atoms with E-state index in [0.29, 0.717) is 6.61 Å². The quantitative estimate of drug-likeness (QED) is 0.464. The minimum atomic E-state index is -3.26. The van der Waals surface area contributed by atoms with E-state index in [0.717, 1.165) is 12.8 Å². The van der Waals surface area contributed by atoms with Crippen LogP contribution in [-0.2, 0) is 9.09 Å². The van der Waals surface area contributed by atoms with Gasteiger partial charge in [0.25, 0.3) is 0 Å². The van der Waals surface area contributed by atoms with E-state index in [4.69, 9.17) is 9.79 Å². The average molecular weight is 260 g/mol. The summed E-state index contributed by atoms with van der Waals surface area (Å²) in [5, 5.41) is 8.97. The second-order valence-electron chi connectivity index (χ2n) is 4.54. The lowest BCUT2D eigenvalue weighted by atomic mass is 10.2. The number of hydrogen-bond donors (Lipinski definition) is 0. The van der Waals surface area contributed by atoms with E-state index >= 15 is 0 Å². The van der Waals surface area contributed by atoms with Gasteiger partial charge in [0.2, 0.25) is 0 Å². The monoisotopic (exact) mass is 260 g/mol. The Morgan fingerprint density at radius 3 is 2.35 bits per heavy atom. The highest BCUT2D eigenvalue weighted by Crippen LogP contribution is 2.49. The Kier molecular flexibility index (Phi) is 8.51. The van der Waals surface area contributed by atoms with Crippen LogP contribution < -0.4 is 0 Å². The molecule has 5 heteroatoms. The first-order chi connectivity index (χ1) is 7.98. The van der Waals surface area contributed by atoms with Crippen LogP contribution in [0.25, 0.3) is 0 Å². The van der Waals surface area contributed by atoms with Crippen molar-refractivity contribution in [1.82, 2.24) is 4.67 Å². The number of hydrogen-bond acceptors (Lipinski definition) is 3. The van der Waals surface area contributed by atoms with E-state index in [-0.39, 0.29) is 6.04 Å². The number of nitrogens with zero attached hydrogens (tertiary/aromatic N) is 2. The van der Waals surface area contributed by atoms with Gasteiger partial charge < -0.3 is 4.52 Å². The summed E-state index contributed by atoms with van der Waals surface area (Å²) in [5.41, 5.74) is 0. The lowest BCUT2D eigenvalue weighted by Crippen LogP contribution is -2.23. The first kappa shape index (κ1) is 16.6. The van der Waals surface area contributed by atoms with E-state index in [1.54, 1.807) is 7.05 Å². The summed E-state index contributed by atoms with van der Waals surface area (Å²) >= 11 is 0. The maximum atomic E-state index is 12.2. The molecule has 0 spiro atoms. The number of unbranched alkanes of at least 4 members (excludes halogenated alkanes) is 4. The summed E-state index contributed by atoms with van der Waals surface area (Å²) in [6.07, 6.45) is 5.55. The van der Waals surface area contributed by atoms with Gasteiger partial charge in [-0.25, -0.2) is 4.67 Å². The molecule has 0 aliphatic carbocycles. The minimum absolute atomic E-state index is 0.0422. The minimum Gasteiger partial charge on any atom is -0.307 e. The molecule has 0 aromatic rings. The molecule has 0 saturated carbocycles. The van der Waals surface area contributed by atoms with E-state index in [2.05, 4.69) is 6.92 Å². The summed E-state index contributed by atoms with van der Waals surface area (Å²) in [6, 6.07) is 0.0422. The summed E-state index contributed by atoms with van der Waals surface area (Å²) in [6.45, 7) is 6.37. The van der Waals surface area contributed by atoms with Crippen molar-refractivity contribution in [3.8, 4) is 5.81 Å². The van der Waals surface area contributed by atoms with Crippen molar-refractivity contribution in [1.29, 1.82) is 5.26 Å². The van der Waals surface area contributed by atoms with Crippen LogP contribution in [0.2, 0.25) is 0 Å². The Hall–Kier alpha value is -0.360. The Morgan fingerprint density at radius 1 is 1.29 bits per heavy atom. The Labute approximate surface area is 105 Å². The van der Waals surface area contributed by atoms with E-state index < -0.39 is 7.52 Å². The van der Waals surface area contributed by atoms with Crippen molar-refractivity contribution >= 4 is 7.52 Å². The van der Waals surface area contributed by atoms with E-state index in [1.165, 1.54) is 23.9 Å². The molecule has 0 bridgehead atoms. The molecular formula is C12H25N2O2P. The van der Waals surface area contributed by atoms with Gasteiger partial charge in [-0.3, -0.25) is 4.57 Å². The zero-order valence-corrected chi connectivity index (χ0v) is 12.4. The summed E-state index contributed by atoms with van der Waals surface area (Å²) in [4.78, 5) is 0. The van der Waals surface area contributed by atoms with Crippen LogP contribution in [0.4, 0.5) is 0 Å². The average Bonchev–Trinajstić information content (AvgIpc) is 2.32. The Morgan fingerprint density at radius 2 is 1.88 bits per heavy atom. The topological polar surface area (TPSA) is 53.3 Å². The largest absolute Gasteiger partial charge is 0.371 e. The second kappa shape index (κ2) is 8.69. The van der Waals surface area contributed by atoms with Crippen molar-refractivity contribution in [3.63, 3.8) is 0 Å². The second-order valence-corrected chi connectivity index (χ2v) is 6.67. The van der Waals surface area contributed by atoms with E-state index in [1.807, 2.05) is 19.7 Å². The van der Waals surface area contributed by atoms with Gasteiger partial charge in [0.1, 0.15) is 0 Å². The number of rotatable bonds is 9. The summed E-state index contributed by atoms with van der Waals surface area (Å²) in [5.74, 6) is 1.82. The van der Waals surface area contributed by atoms with E-state index in [9.17, 15) is 4.57 Å². The Balaban J connectivity index is 3.98. The molecule has 0 rings (SSSR count). The van der Waals surface area contributed by atoms with Crippen LogP contribution in [0, 0.1) is 11.1 Å². The molecule has 0 amide bonds. The maximum Gasteiger partial charge on any atom is 0.371 e. The molecule has 0 N–H and O–H groups in total.